The number of alkyl halides is 6. The highest BCUT2D eigenvalue weighted by Crippen LogP contribution is 2.39. The molecule has 3 rings (SSSR count). The van der Waals surface area contributed by atoms with Crippen molar-refractivity contribution in [1.82, 2.24) is 0 Å². The lowest BCUT2D eigenvalue weighted by Gasteiger charge is -2.21. The molecule has 1 N–H and O–H groups in total. The van der Waals surface area contributed by atoms with Crippen molar-refractivity contribution in [3.05, 3.63) is 58.1 Å². The van der Waals surface area contributed by atoms with Crippen LogP contribution in [0.4, 0.5) is 32.0 Å². The summed E-state index contributed by atoms with van der Waals surface area (Å²) in [6.45, 7) is 1.85. The number of phenolic OH excluding ortho intramolecular Hbond substituents is 1. The number of hydrogen-bond acceptors (Lipinski definition) is 2. The minimum absolute atomic E-state index is 0.00975. The number of hydrogen-bond donors (Lipinski definition) is 1. The van der Waals surface area contributed by atoms with Gasteiger partial charge >= 0.3 is 12.4 Å². The van der Waals surface area contributed by atoms with Crippen molar-refractivity contribution in [3.63, 3.8) is 0 Å². The average molecular weight is 514 g/mol. The van der Waals surface area contributed by atoms with E-state index in [1.807, 2.05) is 13.0 Å². The molecular formula is C28H33F6NO. The van der Waals surface area contributed by atoms with E-state index in [9.17, 15) is 31.4 Å². The lowest BCUT2D eigenvalue weighted by Crippen LogP contribution is -2.10. The first kappa shape index (κ1) is 28.1. The van der Waals surface area contributed by atoms with E-state index in [0.29, 0.717) is 12.1 Å². The first-order chi connectivity index (χ1) is 16.9. The van der Waals surface area contributed by atoms with Crippen LogP contribution in [0.3, 0.4) is 0 Å². The summed E-state index contributed by atoms with van der Waals surface area (Å²) >= 11 is 0. The van der Waals surface area contributed by atoms with Crippen LogP contribution in [0.15, 0.2) is 35.3 Å². The quantitative estimate of drug-likeness (QED) is 0.321. The summed E-state index contributed by atoms with van der Waals surface area (Å²) < 4.78 is 79.1. The average Bonchev–Trinajstić information content (AvgIpc) is 2.78. The van der Waals surface area contributed by atoms with E-state index >= 15 is 0 Å². The van der Waals surface area contributed by atoms with Crippen molar-refractivity contribution < 1.29 is 31.4 Å². The Hall–Kier alpha value is -2.51. The summed E-state index contributed by atoms with van der Waals surface area (Å²) in [7, 11) is 0. The molecule has 2 aromatic rings. The molecule has 0 atom stereocenters. The van der Waals surface area contributed by atoms with Gasteiger partial charge in [-0.25, -0.2) is 0 Å². The van der Waals surface area contributed by atoms with E-state index in [1.54, 1.807) is 6.07 Å². The Morgan fingerprint density at radius 2 is 1.19 bits per heavy atom. The number of aromatic hydroxyl groups is 1. The van der Waals surface area contributed by atoms with Crippen molar-refractivity contribution in [1.29, 1.82) is 0 Å². The fraction of sp³-hybridized carbons (Fsp3) is 0.536. The van der Waals surface area contributed by atoms with Gasteiger partial charge in [0.25, 0.3) is 0 Å². The van der Waals surface area contributed by atoms with Crippen LogP contribution in [0.5, 0.6) is 5.75 Å². The van der Waals surface area contributed by atoms with Crippen LogP contribution in [0.25, 0.3) is 0 Å². The highest BCUT2D eigenvalue weighted by molar-refractivity contribution is 5.86. The summed E-state index contributed by atoms with van der Waals surface area (Å²) in [5.41, 5.74) is -1.43. The van der Waals surface area contributed by atoms with Crippen LogP contribution in [0, 0.1) is 6.92 Å². The van der Waals surface area contributed by atoms with Gasteiger partial charge in [0.05, 0.1) is 16.8 Å². The Labute approximate surface area is 208 Å². The predicted octanol–water partition coefficient (Wildman–Crippen LogP) is 9.88. The van der Waals surface area contributed by atoms with Gasteiger partial charge in [-0.15, -0.1) is 0 Å². The minimum atomic E-state index is -4.95. The molecule has 0 bridgehead atoms. The van der Waals surface area contributed by atoms with Crippen molar-refractivity contribution in [3.8, 4) is 5.75 Å². The van der Waals surface area contributed by atoms with Gasteiger partial charge in [-0.1, -0.05) is 63.9 Å². The molecule has 0 heterocycles. The zero-order chi connectivity index (χ0) is 26.3. The highest BCUT2D eigenvalue weighted by Gasteiger charge is 2.37. The largest absolute Gasteiger partial charge is 0.507 e. The van der Waals surface area contributed by atoms with Gasteiger partial charge in [0, 0.05) is 11.8 Å². The van der Waals surface area contributed by atoms with E-state index in [2.05, 4.69) is 4.99 Å². The minimum Gasteiger partial charge on any atom is -0.507 e. The van der Waals surface area contributed by atoms with Crippen molar-refractivity contribution in [2.24, 2.45) is 4.99 Å². The molecule has 0 aliphatic heterocycles. The second-order valence-electron chi connectivity index (χ2n) is 9.77. The molecule has 36 heavy (non-hydrogen) atoms. The number of nitrogens with zero attached hydrogens (tertiary/aromatic N) is 1. The first-order valence-electron chi connectivity index (χ1n) is 12.6. The van der Waals surface area contributed by atoms with Crippen LogP contribution in [0.1, 0.15) is 104 Å². The van der Waals surface area contributed by atoms with Gasteiger partial charge in [0.1, 0.15) is 5.75 Å². The molecule has 0 saturated heterocycles. The summed E-state index contributed by atoms with van der Waals surface area (Å²) in [6, 6.07) is 4.79. The van der Waals surface area contributed by atoms with E-state index in [-0.39, 0.29) is 23.3 Å². The zero-order valence-electron chi connectivity index (χ0n) is 20.5. The number of aliphatic imine (C=N–C) groups is 1. The fourth-order valence-corrected chi connectivity index (χ4v) is 4.88. The van der Waals surface area contributed by atoms with Gasteiger partial charge in [0.15, 0.2) is 0 Å². The molecule has 0 spiro atoms. The van der Waals surface area contributed by atoms with Crippen molar-refractivity contribution >= 4 is 11.9 Å². The second-order valence-corrected chi connectivity index (χ2v) is 9.77. The molecule has 1 fully saturated rings. The summed E-state index contributed by atoms with van der Waals surface area (Å²) in [4.78, 5) is 3.91. The first-order valence-corrected chi connectivity index (χ1v) is 12.6. The topological polar surface area (TPSA) is 32.6 Å². The smallest absolute Gasteiger partial charge is 0.416 e. The highest BCUT2D eigenvalue weighted by atomic mass is 19.4. The molecule has 1 aliphatic carbocycles. The fourth-order valence-electron chi connectivity index (χ4n) is 4.88. The number of halogens is 6. The van der Waals surface area contributed by atoms with Crippen LogP contribution < -0.4 is 0 Å². The van der Waals surface area contributed by atoms with Crippen LogP contribution in [-0.4, -0.2) is 11.3 Å². The molecule has 0 amide bonds. The standard InChI is InChI=1S/C28H33F6NO/c1-19-13-21(18-35-24-16-22(27(29,30)31)15-23(17-24)28(32,33)34)26(36)25(14-19)20-11-9-7-5-3-2-4-6-8-10-12-20/h13-18,20,36H,2-12H2,1H3. The Bertz CT molecular complexity index is 997. The third-order valence-electron chi connectivity index (χ3n) is 6.78. The monoisotopic (exact) mass is 513 g/mol. The predicted molar refractivity (Wildman–Crippen MR) is 130 cm³/mol. The van der Waals surface area contributed by atoms with Gasteiger partial charge in [-0.2, -0.15) is 26.3 Å². The molecule has 198 valence electrons. The third kappa shape index (κ3) is 8.00. The van der Waals surface area contributed by atoms with E-state index in [0.717, 1.165) is 55.9 Å². The maximum atomic E-state index is 13.2. The maximum absolute atomic E-state index is 13.2. The Balaban J connectivity index is 1.92. The van der Waals surface area contributed by atoms with Crippen LogP contribution in [0.2, 0.25) is 0 Å². The normalized spacial score (nSPS) is 17.6. The van der Waals surface area contributed by atoms with Crippen molar-refractivity contribution in [2.45, 2.75) is 95.8 Å². The Morgan fingerprint density at radius 3 is 1.67 bits per heavy atom. The van der Waals surface area contributed by atoms with Gasteiger partial charge in [-0.3, -0.25) is 4.99 Å². The molecule has 0 radical (unpaired) electrons. The molecular weight excluding hydrogens is 480 g/mol. The van der Waals surface area contributed by atoms with Gasteiger partial charge < -0.3 is 5.11 Å². The SMILES string of the molecule is Cc1cc(C=Nc2cc(C(F)(F)F)cc(C(F)(F)F)c2)c(O)c(C2CCCCCCCCCCC2)c1. The van der Waals surface area contributed by atoms with E-state index < -0.39 is 29.2 Å². The molecule has 1 aliphatic rings. The summed E-state index contributed by atoms with van der Waals surface area (Å²) in [5.74, 6) is 0.131. The lowest BCUT2D eigenvalue weighted by atomic mass is 9.85. The third-order valence-corrected chi connectivity index (χ3v) is 6.78. The molecule has 2 aromatic carbocycles. The van der Waals surface area contributed by atoms with Gasteiger partial charge in [-0.05, 0) is 61.1 Å². The number of benzene rings is 2. The number of phenols is 1. The lowest BCUT2D eigenvalue weighted by molar-refractivity contribution is -0.143. The Morgan fingerprint density at radius 1 is 0.722 bits per heavy atom. The van der Waals surface area contributed by atoms with Crippen LogP contribution in [-0.2, 0) is 12.4 Å². The number of rotatable bonds is 3. The second kappa shape index (κ2) is 12.2. The van der Waals surface area contributed by atoms with E-state index in [4.69, 9.17) is 0 Å². The molecule has 0 unspecified atom stereocenters. The zero-order valence-corrected chi connectivity index (χ0v) is 20.5. The molecule has 1 saturated carbocycles. The molecule has 0 aromatic heterocycles. The molecule has 2 nitrogen and oxygen atoms in total. The Kier molecular flexibility index (Phi) is 9.47. The maximum Gasteiger partial charge on any atom is 0.416 e. The van der Waals surface area contributed by atoms with Gasteiger partial charge in [0.2, 0.25) is 0 Å². The van der Waals surface area contributed by atoms with Crippen molar-refractivity contribution in [2.75, 3.05) is 0 Å². The summed E-state index contributed by atoms with van der Waals surface area (Å²) in [6.07, 6.45) is 3.63. The summed E-state index contributed by atoms with van der Waals surface area (Å²) in [5, 5.41) is 11.0. The van der Waals surface area contributed by atoms with E-state index in [1.165, 1.54) is 32.1 Å². The molecule has 8 heteroatoms. The number of aryl methyl sites for hydroxylation is 1. The van der Waals surface area contributed by atoms with Crippen LogP contribution >= 0.6 is 0 Å².